The van der Waals surface area contributed by atoms with Gasteiger partial charge in [-0.3, -0.25) is 5.32 Å². The lowest BCUT2D eigenvalue weighted by atomic mass is 9.96. The molecule has 0 spiro atoms. The van der Waals surface area contributed by atoms with E-state index in [9.17, 15) is 0 Å². The number of ether oxygens (including phenoxy) is 1. The Morgan fingerprint density at radius 1 is 1.00 bits per heavy atom. The molecule has 0 bridgehead atoms. The zero-order valence-corrected chi connectivity index (χ0v) is 12.9. The van der Waals surface area contributed by atoms with Gasteiger partial charge in [0.2, 0.25) is 0 Å². The molecule has 1 atom stereocenters. The molecule has 2 rings (SSSR count). The highest BCUT2D eigenvalue weighted by Gasteiger charge is 2.35. The Kier molecular flexibility index (Phi) is 6.55. The summed E-state index contributed by atoms with van der Waals surface area (Å²) in [7, 11) is 0. The second-order valence-electron chi connectivity index (χ2n) is 5.84. The van der Waals surface area contributed by atoms with Crippen LogP contribution < -0.4 is 5.32 Å². The molecule has 2 heteroatoms. The van der Waals surface area contributed by atoms with Gasteiger partial charge in [-0.2, -0.15) is 0 Å². The Balaban J connectivity index is 1.76. The lowest BCUT2D eigenvalue weighted by Gasteiger charge is -2.29. The summed E-state index contributed by atoms with van der Waals surface area (Å²) < 4.78 is 6.06. The van der Waals surface area contributed by atoms with Gasteiger partial charge in [-0.1, -0.05) is 75.8 Å². The average Bonchev–Trinajstić information content (AvgIpc) is 2.97. The smallest absolute Gasteiger partial charge is 0.145 e. The minimum Gasteiger partial charge on any atom is -0.355 e. The van der Waals surface area contributed by atoms with Crippen LogP contribution >= 0.6 is 0 Å². The van der Waals surface area contributed by atoms with Gasteiger partial charge in [0, 0.05) is 6.54 Å². The molecule has 1 aromatic rings. The van der Waals surface area contributed by atoms with Crippen LogP contribution in [-0.4, -0.2) is 13.2 Å². The molecule has 1 unspecified atom stereocenters. The Hall–Kier alpha value is -0.860. The van der Waals surface area contributed by atoms with Crippen molar-refractivity contribution in [3.05, 3.63) is 35.9 Å². The van der Waals surface area contributed by atoms with Crippen LogP contribution in [0.25, 0.3) is 0 Å². The molecule has 0 radical (unpaired) electrons. The Morgan fingerprint density at radius 2 is 1.70 bits per heavy atom. The molecule has 1 aromatic carbocycles. The summed E-state index contributed by atoms with van der Waals surface area (Å²) in [5.41, 5.74) is 1.06. The van der Waals surface area contributed by atoms with Crippen molar-refractivity contribution in [2.24, 2.45) is 0 Å². The first-order chi connectivity index (χ1) is 9.87. The number of nitrogens with one attached hydrogen (secondary N) is 1. The van der Waals surface area contributed by atoms with Gasteiger partial charge in [-0.15, -0.1) is 0 Å². The van der Waals surface area contributed by atoms with E-state index in [2.05, 4.69) is 42.6 Å². The van der Waals surface area contributed by atoms with E-state index in [1.54, 1.807) is 0 Å². The highest BCUT2D eigenvalue weighted by atomic mass is 16.5. The minimum atomic E-state index is -0.218. The molecule has 1 aliphatic rings. The van der Waals surface area contributed by atoms with Gasteiger partial charge in [0.05, 0.1) is 6.61 Å². The third kappa shape index (κ3) is 4.32. The van der Waals surface area contributed by atoms with E-state index in [1.807, 2.05) is 0 Å². The Labute approximate surface area is 123 Å². The van der Waals surface area contributed by atoms with Crippen LogP contribution in [0.3, 0.4) is 0 Å². The maximum absolute atomic E-state index is 6.06. The van der Waals surface area contributed by atoms with Gasteiger partial charge in [-0.25, -0.2) is 0 Å². The standard InChI is InChI=1S/C18H29NO/c1-2-3-4-5-6-7-11-14-18(19-15-16-20-18)17-12-9-8-10-13-17/h8-10,12-13,19H,2-7,11,14-16H2,1H3. The second kappa shape index (κ2) is 8.43. The van der Waals surface area contributed by atoms with Gasteiger partial charge >= 0.3 is 0 Å². The van der Waals surface area contributed by atoms with Gasteiger partial charge in [0.1, 0.15) is 5.72 Å². The van der Waals surface area contributed by atoms with Gasteiger partial charge in [-0.05, 0) is 18.4 Å². The quantitative estimate of drug-likeness (QED) is 0.665. The lowest BCUT2D eigenvalue weighted by Crippen LogP contribution is -2.38. The van der Waals surface area contributed by atoms with Crippen molar-refractivity contribution in [2.45, 2.75) is 64.0 Å². The molecule has 1 aliphatic heterocycles. The molecule has 0 amide bonds. The van der Waals surface area contributed by atoms with E-state index in [4.69, 9.17) is 4.74 Å². The third-order valence-corrected chi connectivity index (χ3v) is 4.23. The predicted octanol–water partition coefficient (Wildman–Crippen LogP) is 4.60. The van der Waals surface area contributed by atoms with Crippen molar-refractivity contribution in [3.63, 3.8) is 0 Å². The number of hydrogen-bond donors (Lipinski definition) is 1. The first kappa shape index (κ1) is 15.5. The van der Waals surface area contributed by atoms with Crippen molar-refractivity contribution in [1.82, 2.24) is 5.32 Å². The second-order valence-corrected chi connectivity index (χ2v) is 5.84. The summed E-state index contributed by atoms with van der Waals surface area (Å²) in [6, 6.07) is 10.6. The monoisotopic (exact) mass is 275 g/mol. The topological polar surface area (TPSA) is 21.3 Å². The van der Waals surface area contributed by atoms with Crippen LogP contribution in [0.1, 0.15) is 63.9 Å². The number of rotatable bonds is 9. The summed E-state index contributed by atoms with van der Waals surface area (Å²) in [6.45, 7) is 4.06. The first-order valence-electron chi connectivity index (χ1n) is 8.32. The normalized spacial score (nSPS) is 22.2. The molecule has 1 heterocycles. The lowest BCUT2D eigenvalue weighted by molar-refractivity contribution is -0.0239. The van der Waals surface area contributed by atoms with E-state index in [1.165, 1.54) is 50.5 Å². The first-order valence-corrected chi connectivity index (χ1v) is 8.32. The van der Waals surface area contributed by atoms with Gasteiger partial charge in [0.25, 0.3) is 0 Å². The van der Waals surface area contributed by atoms with E-state index >= 15 is 0 Å². The SMILES string of the molecule is CCCCCCCCCC1(c2ccccc2)NCCO1. The van der Waals surface area contributed by atoms with Crippen LogP contribution in [-0.2, 0) is 10.5 Å². The van der Waals surface area contributed by atoms with E-state index in [0.717, 1.165) is 19.6 Å². The van der Waals surface area contributed by atoms with Crippen molar-refractivity contribution >= 4 is 0 Å². The van der Waals surface area contributed by atoms with Crippen molar-refractivity contribution < 1.29 is 4.74 Å². The fraction of sp³-hybridized carbons (Fsp3) is 0.667. The van der Waals surface area contributed by atoms with Gasteiger partial charge < -0.3 is 4.74 Å². The van der Waals surface area contributed by atoms with Gasteiger partial charge in [0.15, 0.2) is 0 Å². The largest absolute Gasteiger partial charge is 0.355 e. The maximum Gasteiger partial charge on any atom is 0.145 e. The zero-order chi connectivity index (χ0) is 14.1. The van der Waals surface area contributed by atoms with Crippen LogP contribution in [0.15, 0.2) is 30.3 Å². The predicted molar refractivity (Wildman–Crippen MR) is 84.7 cm³/mol. The highest BCUT2D eigenvalue weighted by Crippen LogP contribution is 2.31. The van der Waals surface area contributed by atoms with Crippen LogP contribution in [0.2, 0.25) is 0 Å². The van der Waals surface area contributed by atoms with Crippen molar-refractivity contribution in [1.29, 1.82) is 0 Å². The molecule has 112 valence electrons. The number of unbranched alkanes of at least 4 members (excludes halogenated alkanes) is 6. The molecule has 1 N–H and O–H groups in total. The third-order valence-electron chi connectivity index (χ3n) is 4.23. The van der Waals surface area contributed by atoms with Crippen molar-refractivity contribution in [3.8, 4) is 0 Å². The Bertz CT molecular complexity index is 357. The van der Waals surface area contributed by atoms with E-state index in [0.29, 0.717) is 0 Å². The van der Waals surface area contributed by atoms with E-state index in [-0.39, 0.29) is 5.72 Å². The molecule has 1 saturated heterocycles. The maximum atomic E-state index is 6.06. The fourth-order valence-corrected chi connectivity index (χ4v) is 3.06. The van der Waals surface area contributed by atoms with Crippen molar-refractivity contribution in [2.75, 3.05) is 13.2 Å². The average molecular weight is 275 g/mol. The Morgan fingerprint density at radius 3 is 2.35 bits per heavy atom. The highest BCUT2D eigenvalue weighted by molar-refractivity contribution is 5.22. The summed E-state index contributed by atoms with van der Waals surface area (Å²) in [6.07, 6.45) is 10.5. The molecule has 0 aliphatic carbocycles. The summed E-state index contributed by atoms with van der Waals surface area (Å²) in [5, 5.41) is 3.58. The molecule has 1 fully saturated rings. The summed E-state index contributed by atoms with van der Waals surface area (Å²) in [4.78, 5) is 0. The van der Waals surface area contributed by atoms with Crippen LogP contribution in [0.5, 0.6) is 0 Å². The number of benzene rings is 1. The summed E-state index contributed by atoms with van der Waals surface area (Å²) in [5.74, 6) is 0. The molecular formula is C18H29NO. The van der Waals surface area contributed by atoms with Crippen LogP contribution in [0.4, 0.5) is 0 Å². The number of hydrogen-bond acceptors (Lipinski definition) is 2. The molecule has 2 nitrogen and oxygen atoms in total. The minimum absolute atomic E-state index is 0.218. The zero-order valence-electron chi connectivity index (χ0n) is 12.9. The molecule has 0 saturated carbocycles. The molecular weight excluding hydrogens is 246 g/mol. The summed E-state index contributed by atoms with van der Waals surface area (Å²) >= 11 is 0. The molecule has 0 aromatic heterocycles. The fourth-order valence-electron chi connectivity index (χ4n) is 3.06. The van der Waals surface area contributed by atoms with Crippen LogP contribution in [0, 0.1) is 0 Å². The van der Waals surface area contributed by atoms with E-state index < -0.39 is 0 Å². The molecule has 20 heavy (non-hydrogen) atoms.